The Morgan fingerprint density at radius 1 is 0.974 bits per heavy atom. The number of carbonyl (C=O) groups excluding carboxylic acids is 1. The molecule has 1 saturated carbocycles. The predicted octanol–water partition coefficient (Wildman–Crippen LogP) is 2.42. The molecule has 38 heavy (non-hydrogen) atoms. The van der Waals surface area contributed by atoms with Crippen molar-refractivity contribution in [1.29, 1.82) is 0 Å². The molecule has 2 aliphatic heterocycles. The van der Waals surface area contributed by atoms with E-state index in [1.807, 2.05) is 31.2 Å². The number of carbonyl (C=O) groups is 1. The van der Waals surface area contributed by atoms with Crippen molar-refractivity contribution < 1.29 is 17.9 Å². The molecule has 0 radical (unpaired) electrons. The largest absolute Gasteiger partial charge is 0.492 e. The number of benzene rings is 1. The molecule has 0 spiro atoms. The highest BCUT2D eigenvalue weighted by Gasteiger charge is 2.37. The van der Waals surface area contributed by atoms with Gasteiger partial charge in [-0.15, -0.1) is 0 Å². The molecule has 2 saturated heterocycles. The number of para-hydroxylation sites is 2. The summed E-state index contributed by atoms with van der Waals surface area (Å²) in [7, 11) is -2.26. The maximum absolute atomic E-state index is 13.7. The van der Waals surface area contributed by atoms with E-state index in [9.17, 15) is 13.2 Å². The summed E-state index contributed by atoms with van der Waals surface area (Å²) in [5, 5.41) is 4.14. The first kappa shape index (κ1) is 27.0. The van der Waals surface area contributed by atoms with Crippen LogP contribution in [-0.2, 0) is 17.1 Å². The van der Waals surface area contributed by atoms with Crippen LogP contribution in [0.25, 0.3) is 0 Å². The number of hydrogen-bond acceptors (Lipinski definition) is 7. The van der Waals surface area contributed by atoms with E-state index in [4.69, 9.17) is 4.74 Å². The monoisotopic (exact) mass is 544 g/mol. The van der Waals surface area contributed by atoms with Crippen LogP contribution < -0.4 is 9.64 Å². The molecule has 0 bridgehead atoms. The predicted molar refractivity (Wildman–Crippen MR) is 146 cm³/mol. The summed E-state index contributed by atoms with van der Waals surface area (Å²) < 4.78 is 36.1. The zero-order chi connectivity index (χ0) is 26.7. The average Bonchev–Trinajstić information content (AvgIpc) is 3.36. The van der Waals surface area contributed by atoms with Crippen LogP contribution in [0.4, 0.5) is 5.69 Å². The van der Waals surface area contributed by atoms with Gasteiger partial charge in [-0.3, -0.25) is 14.4 Å². The smallest absolute Gasteiger partial charge is 0.263 e. The highest BCUT2D eigenvalue weighted by molar-refractivity contribution is 7.89. The summed E-state index contributed by atoms with van der Waals surface area (Å²) in [6, 6.07) is 8.45. The zero-order valence-electron chi connectivity index (χ0n) is 22.6. The quantitative estimate of drug-likeness (QED) is 0.529. The van der Waals surface area contributed by atoms with E-state index in [1.165, 1.54) is 41.1 Å². The van der Waals surface area contributed by atoms with E-state index in [2.05, 4.69) is 14.9 Å². The lowest BCUT2D eigenvalue weighted by Gasteiger charge is -2.40. The van der Waals surface area contributed by atoms with E-state index < -0.39 is 10.0 Å². The van der Waals surface area contributed by atoms with Gasteiger partial charge in [0.1, 0.15) is 5.75 Å². The summed E-state index contributed by atoms with van der Waals surface area (Å²) in [6.45, 7) is 7.10. The highest BCUT2D eigenvalue weighted by Crippen LogP contribution is 2.30. The van der Waals surface area contributed by atoms with Gasteiger partial charge in [-0.05, 0) is 31.9 Å². The first-order chi connectivity index (χ1) is 18.4. The van der Waals surface area contributed by atoms with Crippen LogP contribution in [0.2, 0.25) is 0 Å². The van der Waals surface area contributed by atoms with Crippen molar-refractivity contribution in [2.45, 2.75) is 50.1 Å². The van der Waals surface area contributed by atoms with Gasteiger partial charge >= 0.3 is 0 Å². The van der Waals surface area contributed by atoms with E-state index in [0.717, 1.165) is 24.5 Å². The number of sulfonamides is 1. The Balaban J connectivity index is 1.25. The van der Waals surface area contributed by atoms with Crippen LogP contribution in [0, 0.1) is 0 Å². The molecule has 0 N–H and O–H groups in total. The molecule has 3 fully saturated rings. The number of aromatic nitrogens is 2. The number of nitrogens with zero attached hydrogens (tertiary/aromatic N) is 6. The van der Waals surface area contributed by atoms with Gasteiger partial charge in [0.05, 0.1) is 17.9 Å². The number of piperazine rings is 2. The maximum Gasteiger partial charge on any atom is 0.263 e. The lowest BCUT2D eigenvalue weighted by atomic mass is 9.94. The summed E-state index contributed by atoms with van der Waals surface area (Å²) in [4.78, 5) is 20.0. The minimum absolute atomic E-state index is 0.136. The van der Waals surface area contributed by atoms with Crippen LogP contribution in [0.1, 0.15) is 49.4 Å². The number of amides is 1. The Morgan fingerprint density at radius 3 is 2.34 bits per heavy atom. The number of ether oxygens (including phenoxy) is 1. The van der Waals surface area contributed by atoms with Gasteiger partial charge in [0, 0.05) is 71.6 Å². The molecular weight excluding hydrogens is 504 g/mol. The molecule has 0 unspecified atom stereocenters. The van der Waals surface area contributed by atoms with Crippen molar-refractivity contribution in [1.82, 2.24) is 23.9 Å². The zero-order valence-corrected chi connectivity index (χ0v) is 23.4. The molecule has 1 aliphatic carbocycles. The normalized spacial score (nSPS) is 20.6. The van der Waals surface area contributed by atoms with Crippen molar-refractivity contribution in [3.05, 3.63) is 36.0 Å². The van der Waals surface area contributed by atoms with Gasteiger partial charge in [-0.25, -0.2) is 8.42 Å². The molecule has 11 heteroatoms. The highest BCUT2D eigenvalue weighted by atomic mass is 32.2. The van der Waals surface area contributed by atoms with Crippen LogP contribution >= 0.6 is 0 Å². The van der Waals surface area contributed by atoms with Gasteiger partial charge in [0.25, 0.3) is 15.9 Å². The summed E-state index contributed by atoms with van der Waals surface area (Å²) in [5.41, 5.74) is 1.13. The number of rotatable bonds is 7. The molecule has 1 aromatic carbocycles. The van der Waals surface area contributed by atoms with Crippen LogP contribution in [0.5, 0.6) is 5.75 Å². The first-order valence-corrected chi connectivity index (χ1v) is 15.4. The van der Waals surface area contributed by atoms with E-state index >= 15 is 0 Å². The van der Waals surface area contributed by atoms with Crippen molar-refractivity contribution in [2.24, 2.45) is 7.05 Å². The third kappa shape index (κ3) is 5.55. The van der Waals surface area contributed by atoms with E-state index in [-0.39, 0.29) is 16.5 Å². The average molecular weight is 545 g/mol. The fourth-order valence-corrected chi connectivity index (χ4v) is 7.54. The van der Waals surface area contributed by atoms with Crippen molar-refractivity contribution in [2.75, 3.05) is 63.9 Å². The molecule has 1 aromatic heterocycles. The first-order valence-electron chi connectivity index (χ1n) is 13.9. The molecule has 3 heterocycles. The van der Waals surface area contributed by atoms with Crippen LogP contribution in [-0.4, -0.2) is 103 Å². The molecule has 10 nitrogen and oxygen atoms in total. The summed E-state index contributed by atoms with van der Waals surface area (Å²) in [6.07, 6.45) is 7.93. The van der Waals surface area contributed by atoms with Gasteiger partial charge in [0.15, 0.2) is 0 Å². The topological polar surface area (TPSA) is 91.2 Å². The molecule has 3 aliphatic rings. The molecular formula is C27H40N6O4S. The Morgan fingerprint density at radius 2 is 1.66 bits per heavy atom. The van der Waals surface area contributed by atoms with Gasteiger partial charge in [-0.2, -0.15) is 9.40 Å². The maximum atomic E-state index is 13.7. The van der Waals surface area contributed by atoms with Crippen molar-refractivity contribution in [3.8, 4) is 5.75 Å². The molecule has 208 valence electrons. The van der Waals surface area contributed by atoms with Gasteiger partial charge < -0.3 is 14.5 Å². The molecule has 0 atom stereocenters. The molecule has 2 aromatic rings. The molecule has 5 rings (SSSR count). The SMILES string of the molecule is CCOc1ccccc1N1CCN(S(=O)(=O)c2nn(C)cc2C(=O)N2CCN(C3CCCCC3)CC2)CC1. The van der Waals surface area contributed by atoms with Gasteiger partial charge in [0.2, 0.25) is 5.03 Å². The lowest BCUT2D eigenvalue weighted by molar-refractivity contribution is 0.0520. The van der Waals surface area contributed by atoms with E-state index in [1.54, 1.807) is 18.1 Å². The second-order valence-electron chi connectivity index (χ2n) is 10.4. The van der Waals surface area contributed by atoms with Crippen molar-refractivity contribution in [3.63, 3.8) is 0 Å². The Kier molecular flexibility index (Phi) is 8.25. The lowest BCUT2D eigenvalue weighted by Crippen LogP contribution is -2.52. The van der Waals surface area contributed by atoms with Gasteiger partial charge in [-0.1, -0.05) is 31.4 Å². The second-order valence-corrected chi connectivity index (χ2v) is 12.3. The standard InChI is InChI=1S/C27H40N6O4S/c1-3-37-25-12-8-7-11-24(25)31-17-19-33(20-18-31)38(35,36)26-23(21-29(2)28-26)27(34)32-15-13-30(14-16-32)22-9-5-4-6-10-22/h7-8,11-12,21-22H,3-6,9-10,13-20H2,1-2H3. The second kappa shape index (κ2) is 11.6. The minimum atomic E-state index is -3.92. The van der Waals surface area contributed by atoms with Crippen molar-refractivity contribution >= 4 is 21.6 Å². The number of aryl methyl sites for hydroxylation is 1. The Hall–Kier alpha value is -2.63. The third-order valence-electron chi connectivity index (χ3n) is 8.05. The summed E-state index contributed by atoms with van der Waals surface area (Å²) >= 11 is 0. The number of hydrogen-bond donors (Lipinski definition) is 0. The fraction of sp³-hybridized carbons (Fsp3) is 0.630. The third-order valence-corrected chi connectivity index (χ3v) is 9.88. The Labute approximate surface area is 226 Å². The molecule has 1 amide bonds. The van der Waals surface area contributed by atoms with Crippen LogP contribution in [0.3, 0.4) is 0 Å². The van der Waals surface area contributed by atoms with Crippen LogP contribution in [0.15, 0.2) is 35.5 Å². The minimum Gasteiger partial charge on any atom is -0.492 e. The number of anilines is 1. The van der Waals surface area contributed by atoms with E-state index in [0.29, 0.717) is 51.9 Å². The Bertz CT molecular complexity index is 1210. The fourth-order valence-electron chi connectivity index (χ4n) is 6.00. The summed E-state index contributed by atoms with van der Waals surface area (Å²) in [5.74, 6) is 0.553.